The molecule has 3 aromatic rings. The Morgan fingerprint density at radius 3 is 2.24 bits per heavy atom. The lowest BCUT2D eigenvalue weighted by molar-refractivity contribution is -0.946. The number of benzene rings is 3. The van der Waals surface area contributed by atoms with E-state index in [0.29, 0.717) is 19.1 Å². The average molecular weight is 570 g/mol. The summed E-state index contributed by atoms with van der Waals surface area (Å²) in [5.74, 6) is 1.03. The molecule has 0 N–H and O–H groups in total. The predicted molar refractivity (Wildman–Crippen MR) is 138 cm³/mol. The molecule has 3 aromatic carbocycles. The zero-order valence-corrected chi connectivity index (χ0v) is 22.6. The normalized spacial score (nSPS) is 22.1. The molecule has 196 valence electrons. The van der Waals surface area contributed by atoms with E-state index in [1.165, 1.54) is 12.1 Å². The van der Waals surface area contributed by atoms with Gasteiger partial charge in [-0.1, -0.05) is 48.5 Å². The lowest BCUT2D eigenvalue weighted by Gasteiger charge is -2.52. The minimum Gasteiger partial charge on any atom is -1.00 e. The van der Waals surface area contributed by atoms with Gasteiger partial charge in [-0.15, -0.1) is 0 Å². The Bertz CT molecular complexity index is 1120. The maximum atomic E-state index is 13.5. The largest absolute Gasteiger partial charge is 1.00 e. The molecule has 3 saturated heterocycles. The van der Waals surface area contributed by atoms with Crippen molar-refractivity contribution >= 4 is 11.8 Å². The van der Waals surface area contributed by atoms with Gasteiger partial charge in [0.25, 0.3) is 0 Å². The lowest BCUT2D eigenvalue weighted by atomic mass is 9.83. The van der Waals surface area contributed by atoms with Crippen LogP contribution in [0.25, 0.3) is 0 Å². The van der Waals surface area contributed by atoms with Crippen LogP contribution in [0.3, 0.4) is 0 Å². The second kappa shape index (κ2) is 12.6. The number of hydrogen-bond acceptors (Lipinski definition) is 3. The molecule has 6 rings (SSSR count). The molecule has 1 atom stereocenters. The first-order valence-electron chi connectivity index (χ1n) is 12.9. The number of fused-ring (bicyclic) bond motifs is 3. The van der Waals surface area contributed by atoms with Crippen LogP contribution in [0.15, 0.2) is 84.9 Å². The Morgan fingerprint density at radius 1 is 0.919 bits per heavy atom. The van der Waals surface area contributed by atoms with Gasteiger partial charge in [0, 0.05) is 30.9 Å². The highest BCUT2D eigenvalue weighted by atomic mass is 79.9. The first-order valence-corrected chi connectivity index (χ1v) is 12.9. The van der Waals surface area contributed by atoms with Gasteiger partial charge < -0.3 is 30.9 Å². The lowest BCUT2D eigenvalue weighted by Crippen LogP contribution is -3.00. The van der Waals surface area contributed by atoms with E-state index < -0.39 is 0 Å². The minimum absolute atomic E-state index is 0. The number of ether oxygens (including phenoxy) is 2. The van der Waals surface area contributed by atoms with Gasteiger partial charge >= 0.3 is 6.09 Å². The molecule has 3 aliphatic rings. The van der Waals surface area contributed by atoms with E-state index in [2.05, 4.69) is 0 Å². The SMILES string of the molecule is O=C(O[C@H]1C[N+]2(CCCOc3ccccc3)CCC1CC2)N(Cc1ccc(F)cc1)c1ccccc1.[Br-]. The Balaban J connectivity index is 0.00000320. The molecular weight excluding hydrogens is 535 g/mol. The fourth-order valence-corrected chi connectivity index (χ4v) is 5.61. The van der Waals surface area contributed by atoms with Crippen molar-refractivity contribution in [1.29, 1.82) is 0 Å². The highest BCUT2D eigenvalue weighted by molar-refractivity contribution is 5.87. The van der Waals surface area contributed by atoms with Crippen LogP contribution < -0.4 is 26.6 Å². The molecule has 0 aliphatic carbocycles. The molecule has 37 heavy (non-hydrogen) atoms. The zero-order valence-electron chi connectivity index (χ0n) is 21.0. The maximum Gasteiger partial charge on any atom is 0.415 e. The number of hydrogen-bond donors (Lipinski definition) is 0. The highest BCUT2D eigenvalue weighted by Gasteiger charge is 2.47. The Morgan fingerprint density at radius 2 is 1.57 bits per heavy atom. The summed E-state index contributed by atoms with van der Waals surface area (Å²) in [7, 11) is 0. The van der Waals surface area contributed by atoms with E-state index >= 15 is 0 Å². The highest BCUT2D eigenvalue weighted by Crippen LogP contribution is 2.36. The van der Waals surface area contributed by atoms with E-state index in [9.17, 15) is 9.18 Å². The summed E-state index contributed by atoms with van der Waals surface area (Å²) in [4.78, 5) is 15.1. The first kappa shape index (κ1) is 27.1. The van der Waals surface area contributed by atoms with Crippen LogP contribution in [0.2, 0.25) is 0 Å². The Labute approximate surface area is 229 Å². The van der Waals surface area contributed by atoms with Crippen molar-refractivity contribution in [1.82, 2.24) is 0 Å². The van der Waals surface area contributed by atoms with Gasteiger partial charge in [0.2, 0.25) is 0 Å². The molecule has 0 spiro atoms. The monoisotopic (exact) mass is 568 g/mol. The molecule has 1 amide bonds. The summed E-state index contributed by atoms with van der Waals surface area (Å²) < 4.78 is 26.5. The van der Waals surface area contributed by atoms with E-state index in [1.807, 2.05) is 60.7 Å². The van der Waals surface area contributed by atoms with Crippen LogP contribution in [-0.4, -0.2) is 49.5 Å². The number of carbonyl (C=O) groups excluding carboxylic acids is 1. The van der Waals surface area contributed by atoms with Gasteiger partial charge in [0.15, 0.2) is 6.10 Å². The number of quaternary nitrogens is 1. The van der Waals surface area contributed by atoms with Crippen molar-refractivity contribution in [3.8, 4) is 5.75 Å². The molecule has 7 heteroatoms. The van der Waals surface area contributed by atoms with Crippen molar-refractivity contribution in [2.45, 2.75) is 31.9 Å². The Hall–Kier alpha value is -2.90. The maximum absolute atomic E-state index is 13.5. The molecule has 0 aromatic heterocycles. The number of para-hydroxylation sites is 2. The van der Waals surface area contributed by atoms with Gasteiger partial charge in [-0.2, -0.15) is 0 Å². The minimum atomic E-state index is -0.338. The van der Waals surface area contributed by atoms with E-state index in [1.54, 1.807) is 17.0 Å². The molecule has 5 nitrogen and oxygen atoms in total. The second-order valence-electron chi connectivity index (χ2n) is 10.0. The molecular formula is C30H34BrFN2O3. The van der Waals surface area contributed by atoms with Gasteiger partial charge in [-0.05, 0) is 42.0 Å². The number of rotatable bonds is 9. The predicted octanol–water partition coefficient (Wildman–Crippen LogP) is 3.05. The zero-order chi connectivity index (χ0) is 24.8. The third-order valence-electron chi connectivity index (χ3n) is 7.62. The summed E-state index contributed by atoms with van der Waals surface area (Å²) in [6.07, 6.45) is 2.71. The van der Waals surface area contributed by atoms with Crippen LogP contribution >= 0.6 is 0 Å². The fraction of sp³-hybridized carbons (Fsp3) is 0.367. The van der Waals surface area contributed by atoms with Crippen LogP contribution in [0.5, 0.6) is 5.75 Å². The van der Waals surface area contributed by atoms with Crippen LogP contribution in [-0.2, 0) is 11.3 Å². The Kier molecular flexibility index (Phi) is 9.22. The van der Waals surface area contributed by atoms with Crippen molar-refractivity contribution in [2.24, 2.45) is 5.92 Å². The number of anilines is 1. The summed E-state index contributed by atoms with van der Waals surface area (Å²) in [5, 5.41) is 0. The quantitative estimate of drug-likeness (QED) is 0.294. The molecule has 2 bridgehead atoms. The first-order chi connectivity index (χ1) is 17.6. The van der Waals surface area contributed by atoms with E-state index in [4.69, 9.17) is 9.47 Å². The third kappa shape index (κ3) is 6.90. The van der Waals surface area contributed by atoms with E-state index in [-0.39, 0.29) is 35.0 Å². The average Bonchev–Trinajstić information content (AvgIpc) is 2.92. The molecule has 0 radical (unpaired) electrons. The number of carbonyl (C=O) groups is 1. The number of halogens is 2. The summed E-state index contributed by atoms with van der Waals surface area (Å²) in [6, 6.07) is 25.8. The van der Waals surface area contributed by atoms with E-state index in [0.717, 1.165) is 66.9 Å². The number of nitrogens with zero attached hydrogens (tertiary/aromatic N) is 2. The molecule has 3 aliphatic heterocycles. The van der Waals surface area contributed by atoms with Crippen LogP contribution in [0, 0.1) is 11.7 Å². The molecule has 0 saturated carbocycles. The summed E-state index contributed by atoms with van der Waals surface area (Å²) in [5.41, 5.74) is 1.63. The third-order valence-corrected chi connectivity index (χ3v) is 7.62. The summed E-state index contributed by atoms with van der Waals surface area (Å²) in [6.45, 7) is 5.20. The summed E-state index contributed by atoms with van der Waals surface area (Å²) >= 11 is 0. The fourth-order valence-electron chi connectivity index (χ4n) is 5.61. The van der Waals surface area contributed by atoms with Gasteiger partial charge in [0.05, 0.1) is 32.8 Å². The van der Waals surface area contributed by atoms with Crippen molar-refractivity contribution in [2.75, 3.05) is 37.7 Å². The van der Waals surface area contributed by atoms with Gasteiger partial charge in [-0.3, -0.25) is 4.90 Å². The van der Waals surface area contributed by atoms with Crippen molar-refractivity contribution in [3.63, 3.8) is 0 Å². The topological polar surface area (TPSA) is 38.8 Å². The molecule has 3 fully saturated rings. The smallest absolute Gasteiger partial charge is 0.415 e. The second-order valence-corrected chi connectivity index (χ2v) is 10.0. The molecule has 3 heterocycles. The van der Waals surface area contributed by atoms with Crippen LogP contribution in [0.1, 0.15) is 24.8 Å². The van der Waals surface area contributed by atoms with Crippen molar-refractivity contribution < 1.29 is 40.1 Å². The number of piperidine rings is 3. The van der Waals surface area contributed by atoms with Crippen molar-refractivity contribution in [3.05, 3.63) is 96.3 Å². The molecule has 0 unspecified atom stereocenters. The van der Waals surface area contributed by atoms with Gasteiger partial charge in [-0.25, -0.2) is 9.18 Å². The van der Waals surface area contributed by atoms with Gasteiger partial charge in [0.1, 0.15) is 18.1 Å². The standard InChI is InChI=1S/C30H34FN2O3.BrH/c31-26-14-12-24(13-15-26)22-32(27-8-3-1-4-9-27)30(34)36-29-23-33(19-16-25(29)17-20-33)18-7-21-35-28-10-5-2-6-11-28;/h1-6,8-15,25,29H,7,16-23H2;1H/q+1;/p-1/t25?,29-,33?;/m0./s1. The number of amides is 1. The van der Waals surface area contributed by atoms with Crippen LogP contribution in [0.4, 0.5) is 14.9 Å².